The minimum atomic E-state index is -0.174. The molecule has 0 unspecified atom stereocenters. The Labute approximate surface area is 131 Å². The van der Waals surface area contributed by atoms with Crippen LogP contribution in [0.2, 0.25) is 0 Å². The molecular weight excluding hydrogens is 276 g/mol. The Morgan fingerprint density at radius 2 is 2.14 bits per heavy atom. The summed E-state index contributed by atoms with van der Waals surface area (Å²) in [6.45, 7) is 3.61. The number of unbranched alkanes of at least 4 members (excludes halogenated alkanes) is 1. The summed E-state index contributed by atoms with van der Waals surface area (Å²) in [5, 5.41) is 2.84. The van der Waals surface area contributed by atoms with Crippen LogP contribution >= 0.6 is 0 Å². The van der Waals surface area contributed by atoms with Gasteiger partial charge in [-0.25, -0.2) is 4.98 Å². The maximum Gasteiger partial charge on any atom is 0.270 e. The van der Waals surface area contributed by atoms with E-state index in [1.807, 2.05) is 25.2 Å². The van der Waals surface area contributed by atoms with Crippen molar-refractivity contribution in [3.8, 4) is 0 Å². The number of nitrogens with zero attached hydrogens (tertiary/aromatic N) is 3. The van der Waals surface area contributed by atoms with Crippen molar-refractivity contribution in [2.75, 3.05) is 18.5 Å². The van der Waals surface area contributed by atoms with Gasteiger partial charge in [-0.1, -0.05) is 19.4 Å². The van der Waals surface area contributed by atoms with Crippen LogP contribution < -0.4 is 10.2 Å². The van der Waals surface area contributed by atoms with Gasteiger partial charge in [0.2, 0.25) is 0 Å². The number of hydrogen-bond donors (Lipinski definition) is 1. The third-order valence-corrected chi connectivity index (χ3v) is 3.44. The van der Waals surface area contributed by atoms with Crippen molar-refractivity contribution in [2.24, 2.45) is 0 Å². The van der Waals surface area contributed by atoms with Crippen LogP contribution in [-0.2, 0) is 6.54 Å². The lowest BCUT2D eigenvalue weighted by atomic mass is 10.2. The predicted molar refractivity (Wildman–Crippen MR) is 87.8 cm³/mol. The van der Waals surface area contributed by atoms with Gasteiger partial charge in [0, 0.05) is 32.5 Å². The molecule has 0 radical (unpaired) electrons. The average molecular weight is 298 g/mol. The maximum absolute atomic E-state index is 12.1. The molecule has 0 atom stereocenters. The van der Waals surface area contributed by atoms with Gasteiger partial charge in [0.15, 0.2) is 0 Å². The Balaban J connectivity index is 1.90. The van der Waals surface area contributed by atoms with Crippen LogP contribution in [0, 0.1) is 0 Å². The molecule has 116 valence electrons. The maximum atomic E-state index is 12.1. The fourth-order valence-electron chi connectivity index (χ4n) is 2.05. The number of nitrogens with one attached hydrogen (secondary N) is 1. The molecule has 0 bridgehead atoms. The van der Waals surface area contributed by atoms with Crippen molar-refractivity contribution in [3.05, 3.63) is 54.1 Å². The fourth-order valence-corrected chi connectivity index (χ4v) is 2.05. The highest BCUT2D eigenvalue weighted by atomic mass is 16.1. The van der Waals surface area contributed by atoms with Crippen LogP contribution in [0.1, 0.15) is 35.8 Å². The number of carbonyl (C=O) groups is 1. The highest BCUT2D eigenvalue weighted by Crippen LogP contribution is 2.12. The molecule has 5 heteroatoms. The summed E-state index contributed by atoms with van der Waals surface area (Å²) in [4.78, 5) is 22.5. The number of aromatic nitrogens is 2. The summed E-state index contributed by atoms with van der Waals surface area (Å²) in [5.41, 5.74) is 2.42. The molecule has 0 saturated carbocycles. The molecule has 0 fully saturated rings. The molecule has 0 aliphatic rings. The summed E-state index contributed by atoms with van der Waals surface area (Å²) >= 11 is 0. The first-order valence-corrected chi connectivity index (χ1v) is 7.55. The van der Waals surface area contributed by atoms with Gasteiger partial charge in [-0.05, 0) is 30.2 Å². The third-order valence-electron chi connectivity index (χ3n) is 3.44. The molecule has 1 amide bonds. The zero-order valence-corrected chi connectivity index (χ0v) is 13.1. The number of rotatable bonds is 7. The van der Waals surface area contributed by atoms with Crippen molar-refractivity contribution < 1.29 is 4.79 Å². The summed E-state index contributed by atoms with van der Waals surface area (Å²) in [7, 11) is 2.04. The lowest BCUT2D eigenvalue weighted by Gasteiger charge is -2.18. The number of pyridine rings is 2. The van der Waals surface area contributed by atoms with E-state index < -0.39 is 0 Å². The van der Waals surface area contributed by atoms with Crippen LogP contribution in [0.15, 0.2) is 42.9 Å². The highest BCUT2D eigenvalue weighted by Gasteiger charge is 2.08. The summed E-state index contributed by atoms with van der Waals surface area (Å²) in [5.74, 6) is -0.174. The van der Waals surface area contributed by atoms with Gasteiger partial charge >= 0.3 is 0 Å². The Bertz CT molecular complexity index is 583. The monoisotopic (exact) mass is 298 g/mol. The molecule has 2 rings (SSSR count). The van der Waals surface area contributed by atoms with Gasteiger partial charge in [-0.2, -0.15) is 0 Å². The lowest BCUT2D eigenvalue weighted by molar-refractivity contribution is 0.0946. The average Bonchev–Trinajstić information content (AvgIpc) is 2.58. The Morgan fingerprint density at radius 1 is 1.27 bits per heavy atom. The van der Waals surface area contributed by atoms with E-state index in [1.54, 1.807) is 24.7 Å². The largest absolute Gasteiger partial charge is 0.373 e. The van der Waals surface area contributed by atoms with Gasteiger partial charge in [-0.15, -0.1) is 0 Å². The first kappa shape index (κ1) is 15.9. The van der Waals surface area contributed by atoms with Gasteiger partial charge in [0.25, 0.3) is 5.91 Å². The van der Waals surface area contributed by atoms with E-state index in [0.29, 0.717) is 12.2 Å². The van der Waals surface area contributed by atoms with E-state index >= 15 is 0 Å². The normalized spacial score (nSPS) is 10.3. The van der Waals surface area contributed by atoms with E-state index in [0.717, 1.165) is 30.6 Å². The van der Waals surface area contributed by atoms with Crippen LogP contribution in [0.4, 0.5) is 5.69 Å². The number of carbonyl (C=O) groups excluding carboxylic acids is 1. The molecule has 0 aliphatic heterocycles. The first-order valence-electron chi connectivity index (χ1n) is 7.55. The second-order valence-corrected chi connectivity index (χ2v) is 5.22. The second kappa shape index (κ2) is 8.12. The number of anilines is 1. The molecule has 0 saturated heterocycles. The quantitative estimate of drug-likeness (QED) is 0.853. The highest BCUT2D eigenvalue weighted by molar-refractivity contribution is 5.92. The van der Waals surface area contributed by atoms with Crippen molar-refractivity contribution in [1.82, 2.24) is 15.3 Å². The molecular formula is C17H22N4O. The van der Waals surface area contributed by atoms with E-state index in [4.69, 9.17) is 0 Å². The lowest BCUT2D eigenvalue weighted by Crippen LogP contribution is -2.24. The molecule has 0 aliphatic carbocycles. The molecule has 5 nitrogen and oxygen atoms in total. The third kappa shape index (κ3) is 4.55. The van der Waals surface area contributed by atoms with Gasteiger partial charge < -0.3 is 10.2 Å². The van der Waals surface area contributed by atoms with Crippen LogP contribution in [0.5, 0.6) is 0 Å². The van der Waals surface area contributed by atoms with Gasteiger partial charge in [0.1, 0.15) is 5.69 Å². The van der Waals surface area contributed by atoms with Crippen LogP contribution in [0.3, 0.4) is 0 Å². The van der Waals surface area contributed by atoms with E-state index in [1.165, 1.54) is 0 Å². The van der Waals surface area contributed by atoms with Gasteiger partial charge in [0.05, 0.1) is 11.9 Å². The predicted octanol–water partition coefficient (Wildman–Crippen LogP) is 2.64. The van der Waals surface area contributed by atoms with Crippen molar-refractivity contribution in [2.45, 2.75) is 26.3 Å². The second-order valence-electron chi connectivity index (χ2n) is 5.22. The number of hydrogen-bond acceptors (Lipinski definition) is 4. The molecule has 0 spiro atoms. The molecule has 0 aromatic carbocycles. The summed E-state index contributed by atoms with van der Waals surface area (Å²) in [6, 6.07) is 7.46. The van der Waals surface area contributed by atoms with Crippen LogP contribution in [0.25, 0.3) is 0 Å². The molecule has 2 aromatic rings. The first-order chi connectivity index (χ1) is 10.7. The minimum Gasteiger partial charge on any atom is -0.373 e. The number of amides is 1. The summed E-state index contributed by atoms with van der Waals surface area (Å²) in [6.07, 6.45) is 7.49. The topological polar surface area (TPSA) is 58.1 Å². The molecule has 2 heterocycles. The Hall–Kier alpha value is -2.43. The van der Waals surface area contributed by atoms with E-state index in [-0.39, 0.29) is 5.91 Å². The fraction of sp³-hybridized carbons (Fsp3) is 0.353. The zero-order valence-electron chi connectivity index (χ0n) is 13.1. The SMILES string of the molecule is CCCCN(C)c1ccc(C(=O)NCc2cccnc2)nc1. The Kier molecular flexibility index (Phi) is 5.89. The van der Waals surface area contributed by atoms with Crippen molar-refractivity contribution >= 4 is 11.6 Å². The molecule has 1 N–H and O–H groups in total. The Morgan fingerprint density at radius 3 is 2.77 bits per heavy atom. The minimum absolute atomic E-state index is 0.174. The standard InChI is InChI=1S/C17H22N4O/c1-3-4-10-21(2)15-7-8-16(19-13-15)17(22)20-12-14-6-5-9-18-11-14/h5-9,11,13H,3-4,10,12H2,1-2H3,(H,20,22). The summed E-state index contributed by atoms with van der Waals surface area (Å²) < 4.78 is 0. The molecule has 22 heavy (non-hydrogen) atoms. The van der Waals surface area contributed by atoms with Gasteiger partial charge in [-0.3, -0.25) is 9.78 Å². The van der Waals surface area contributed by atoms with Crippen molar-refractivity contribution in [1.29, 1.82) is 0 Å². The van der Waals surface area contributed by atoms with Crippen molar-refractivity contribution in [3.63, 3.8) is 0 Å². The smallest absolute Gasteiger partial charge is 0.270 e. The van der Waals surface area contributed by atoms with E-state index in [2.05, 4.69) is 27.1 Å². The zero-order chi connectivity index (χ0) is 15.8. The molecule has 2 aromatic heterocycles. The van der Waals surface area contributed by atoms with Crippen LogP contribution in [-0.4, -0.2) is 29.5 Å². The van der Waals surface area contributed by atoms with E-state index in [9.17, 15) is 4.79 Å².